The van der Waals surface area contributed by atoms with Crippen molar-refractivity contribution in [3.63, 3.8) is 0 Å². The SMILES string of the molecule is CC(C(=O)O)(c1ccccc1Cl)N(C=O)C1CC1. The fourth-order valence-electron chi connectivity index (χ4n) is 2.13. The van der Waals surface area contributed by atoms with Crippen LogP contribution in [0.1, 0.15) is 25.3 Å². The number of halogens is 1. The van der Waals surface area contributed by atoms with Crippen molar-refractivity contribution in [2.45, 2.75) is 31.3 Å². The van der Waals surface area contributed by atoms with Crippen molar-refractivity contribution in [3.8, 4) is 0 Å². The van der Waals surface area contributed by atoms with Crippen LogP contribution in [0.4, 0.5) is 0 Å². The first-order valence-electron chi connectivity index (χ1n) is 5.74. The van der Waals surface area contributed by atoms with E-state index in [1.54, 1.807) is 24.3 Å². The minimum Gasteiger partial charge on any atom is -0.479 e. The first kappa shape index (κ1) is 12.9. The van der Waals surface area contributed by atoms with Crippen molar-refractivity contribution in [1.82, 2.24) is 4.90 Å². The number of carboxylic acid groups (broad SMARTS) is 1. The van der Waals surface area contributed by atoms with Crippen LogP contribution in [0.2, 0.25) is 5.02 Å². The van der Waals surface area contributed by atoms with E-state index in [0.29, 0.717) is 17.0 Å². The number of carbonyl (C=O) groups is 2. The van der Waals surface area contributed by atoms with E-state index in [-0.39, 0.29) is 6.04 Å². The molecule has 1 fully saturated rings. The normalized spacial score (nSPS) is 17.9. The lowest BCUT2D eigenvalue weighted by Crippen LogP contribution is -2.50. The molecule has 0 heterocycles. The topological polar surface area (TPSA) is 57.6 Å². The summed E-state index contributed by atoms with van der Waals surface area (Å²) in [6, 6.07) is 6.73. The fourth-order valence-corrected chi connectivity index (χ4v) is 2.45. The number of rotatable bonds is 5. The van der Waals surface area contributed by atoms with Gasteiger partial charge in [-0.25, -0.2) is 4.79 Å². The van der Waals surface area contributed by atoms with E-state index in [4.69, 9.17) is 11.6 Å². The van der Waals surface area contributed by atoms with Crippen molar-refractivity contribution in [2.24, 2.45) is 0 Å². The van der Waals surface area contributed by atoms with Crippen LogP contribution in [0, 0.1) is 0 Å². The van der Waals surface area contributed by atoms with E-state index in [0.717, 1.165) is 12.8 Å². The highest BCUT2D eigenvalue weighted by Gasteiger charge is 2.48. The van der Waals surface area contributed by atoms with E-state index in [2.05, 4.69) is 0 Å². The quantitative estimate of drug-likeness (QED) is 0.833. The third-order valence-electron chi connectivity index (χ3n) is 3.38. The molecule has 1 unspecified atom stereocenters. The largest absolute Gasteiger partial charge is 0.479 e. The number of nitrogens with zero attached hydrogens (tertiary/aromatic N) is 1. The Balaban J connectivity index is 2.53. The third kappa shape index (κ3) is 1.97. The molecule has 5 heteroatoms. The smallest absolute Gasteiger partial charge is 0.334 e. The highest BCUT2D eigenvalue weighted by Crippen LogP contribution is 2.39. The Morgan fingerprint density at radius 1 is 1.50 bits per heavy atom. The summed E-state index contributed by atoms with van der Waals surface area (Å²) in [6.07, 6.45) is 2.28. The van der Waals surface area contributed by atoms with Crippen molar-refractivity contribution in [1.29, 1.82) is 0 Å². The second kappa shape index (κ2) is 4.61. The van der Waals surface area contributed by atoms with Gasteiger partial charge in [0, 0.05) is 16.6 Å². The van der Waals surface area contributed by atoms with Crippen molar-refractivity contribution >= 4 is 24.0 Å². The van der Waals surface area contributed by atoms with Gasteiger partial charge in [0.2, 0.25) is 6.41 Å². The fraction of sp³-hybridized carbons (Fsp3) is 0.385. The zero-order valence-electron chi connectivity index (χ0n) is 9.97. The molecular formula is C13H14ClNO3. The van der Waals surface area contributed by atoms with Crippen molar-refractivity contribution in [3.05, 3.63) is 34.9 Å². The maximum absolute atomic E-state index is 11.6. The molecule has 1 aliphatic carbocycles. The first-order chi connectivity index (χ1) is 8.51. The van der Waals surface area contributed by atoms with E-state index in [9.17, 15) is 14.7 Å². The molecule has 0 saturated heterocycles. The van der Waals surface area contributed by atoms with Gasteiger partial charge in [-0.1, -0.05) is 29.8 Å². The van der Waals surface area contributed by atoms with Gasteiger partial charge in [0.15, 0.2) is 5.54 Å². The molecule has 0 aliphatic heterocycles. The number of amides is 1. The van der Waals surface area contributed by atoms with E-state index in [1.807, 2.05) is 0 Å². The van der Waals surface area contributed by atoms with Crippen LogP contribution in [-0.2, 0) is 15.1 Å². The molecule has 0 aromatic heterocycles. The summed E-state index contributed by atoms with van der Waals surface area (Å²) in [6.45, 7) is 1.52. The lowest BCUT2D eigenvalue weighted by molar-refractivity contribution is -0.155. The number of carboxylic acids is 1. The summed E-state index contributed by atoms with van der Waals surface area (Å²) in [5, 5.41) is 9.89. The van der Waals surface area contributed by atoms with Crippen LogP contribution >= 0.6 is 11.6 Å². The average Bonchev–Trinajstić information content (AvgIpc) is 3.14. The zero-order valence-corrected chi connectivity index (χ0v) is 10.7. The Morgan fingerprint density at radius 3 is 2.56 bits per heavy atom. The molecule has 1 aromatic rings. The molecule has 0 spiro atoms. The number of aliphatic carboxylic acids is 1. The van der Waals surface area contributed by atoms with Gasteiger partial charge in [-0.2, -0.15) is 0 Å². The highest BCUT2D eigenvalue weighted by atomic mass is 35.5. The number of hydrogen-bond acceptors (Lipinski definition) is 2. The molecule has 1 N–H and O–H groups in total. The number of hydrogen-bond donors (Lipinski definition) is 1. The summed E-state index contributed by atoms with van der Waals surface area (Å²) in [5.74, 6) is -1.07. The van der Waals surface area contributed by atoms with Crippen LogP contribution in [0.5, 0.6) is 0 Å². The summed E-state index contributed by atoms with van der Waals surface area (Å²) < 4.78 is 0. The van der Waals surface area contributed by atoms with E-state index in [1.165, 1.54) is 11.8 Å². The van der Waals surface area contributed by atoms with Crippen molar-refractivity contribution < 1.29 is 14.7 Å². The molecule has 0 bridgehead atoms. The molecule has 0 radical (unpaired) electrons. The zero-order chi connectivity index (χ0) is 13.3. The Hall–Kier alpha value is -1.55. The Kier molecular flexibility index (Phi) is 3.30. The molecule has 1 saturated carbocycles. The molecule has 1 atom stereocenters. The molecule has 18 heavy (non-hydrogen) atoms. The van der Waals surface area contributed by atoms with Gasteiger partial charge in [0.25, 0.3) is 0 Å². The molecule has 96 valence electrons. The van der Waals surface area contributed by atoms with E-state index < -0.39 is 11.5 Å². The van der Waals surface area contributed by atoms with Gasteiger partial charge in [0.1, 0.15) is 0 Å². The Bertz CT molecular complexity index is 487. The second-order valence-corrected chi connectivity index (χ2v) is 5.01. The first-order valence-corrected chi connectivity index (χ1v) is 6.11. The summed E-state index contributed by atoms with van der Waals surface area (Å²) in [4.78, 5) is 24.2. The number of benzene rings is 1. The molecule has 2 rings (SSSR count). The lowest BCUT2D eigenvalue weighted by atomic mass is 9.90. The van der Waals surface area contributed by atoms with Crippen LogP contribution in [-0.4, -0.2) is 28.4 Å². The third-order valence-corrected chi connectivity index (χ3v) is 3.71. The predicted octanol–water partition coefficient (Wildman–Crippen LogP) is 2.26. The van der Waals surface area contributed by atoms with E-state index >= 15 is 0 Å². The molecule has 1 aliphatic rings. The van der Waals surface area contributed by atoms with Gasteiger partial charge < -0.3 is 10.0 Å². The lowest BCUT2D eigenvalue weighted by Gasteiger charge is -2.36. The van der Waals surface area contributed by atoms with Crippen LogP contribution in [0.3, 0.4) is 0 Å². The summed E-state index contributed by atoms with van der Waals surface area (Å²) in [7, 11) is 0. The monoisotopic (exact) mass is 267 g/mol. The minimum atomic E-state index is -1.42. The molecule has 1 aromatic carbocycles. The van der Waals surface area contributed by atoms with Gasteiger partial charge in [0.05, 0.1) is 0 Å². The Morgan fingerprint density at radius 2 is 2.11 bits per heavy atom. The second-order valence-electron chi connectivity index (χ2n) is 4.60. The van der Waals surface area contributed by atoms with Gasteiger partial charge in [-0.15, -0.1) is 0 Å². The Labute approximate surface area is 110 Å². The van der Waals surface area contributed by atoms with Crippen LogP contribution < -0.4 is 0 Å². The van der Waals surface area contributed by atoms with Crippen LogP contribution in [0.15, 0.2) is 24.3 Å². The minimum absolute atomic E-state index is 0.000118. The van der Waals surface area contributed by atoms with Crippen LogP contribution in [0.25, 0.3) is 0 Å². The maximum atomic E-state index is 11.6. The number of carbonyl (C=O) groups excluding carboxylic acids is 1. The molecular weight excluding hydrogens is 254 g/mol. The predicted molar refractivity (Wildman–Crippen MR) is 67.4 cm³/mol. The standard InChI is InChI=1S/C13H14ClNO3/c1-13(12(17)18,15(8-16)9-6-7-9)10-4-2-3-5-11(10)14/h2-5,8-9H,6-7H2,1H3,(H,17,18). The van der Waals surface area contributed by atoms with Gasteiger partial charge in [-0.3, -0.25) is 4.79 Å². The average molecular weight is 268 g/mol. The summed E-state index contributed by atoms with van der Waals surface area (Å²) >= 11 is 6.07. The van der Waals surface area contributed by atoms with Crippen molar-refractivity contribution in [2.75, 3.05) is 0 Å². The maximum Gasteiger partial charge on any atom is 0.334 e. The van der Waals surface area contributed by atoms with Gasteiger partial charge >= 0.3 is 5.97 Å². The summed E-state index contributed by atoms with van der Waals surface area (Å²) in [5.41, 5.74) is -0.973. The molecule has 1 amide bonds. The molecule has 4 nitrogen and oxygen atoms in total. The highest BCUT2D eigenvalue weighted by molar-refractivity contribution is 6.31. The van der Waals surface area contributed by atoms with Gasteiger partial charge in [-0.05, 0) is 25.8 Å².